The highest BCUT2D eigenvalue weighted by atomic mass is 32.2. The summed E-state index contributed by atoms with van der Waals surface area (Å²) in [5.41, 5.74) is 0.373. The topological polar surface area (TPSA) is 37.8 Å². The Morgan fingerprint density at radius 1 is 1.47 bits per heavy atom. The molecule has 0 radical (unpaired) electrons. The molecule has 1 N–H and O–H groups in total. The quantitative estimate of drug-likeness (QED) is 0.837. The molecule has 2 atom stereocenters. The second kappa shape index (κ2) is 6.71. The second-order valence-corrected chi connectivity index (χ2v) is 7.28. The minimum Gasteiger partial charge on any atom is -0.312 e. The molecule has 19 heavy (non-hydrogen) atoms. The van der Waals surface area contributed by atoms with Gasteiger partial charge in [0.15, 0.2) is 0 Å². The van der Waals surface area contributed by atoms with Crippen LogP contribution in [0.15, 0.2) is 23.6 Å². The molecule has 4 heteroatoms. The van der Waals surface area contributed by atoms with E-state index in [4.69, 9.17) is 0 Å². The number of thioether (sulfide) groups is 1. The van der Waals surface area contributed by atoms with Crippen LogP contribution in [-0.4, -0.2) is 27.8 Å². The van der Waals surface area contributed by atoms with Crippen molar-refractivity contribution in [3.05, 3.63) is 18.6 Å². The van der Waals surface area contributed by atoms with Crippen LogP contribution in [0.25, 0.3) is 0 Å². The molecule has 2 unspecified atom stereocenters. The highest BCUT2D eigenvalue weighted by Crippen LogP contribution is 2.42. The molecule has 0 aromatic carbocycles. The summed E-state index contributed by atoms with van der Waals surface area (Å²) in [6.45, 7) is 8.13. The molecular weight excluding hydrogens is 254 g/mol. The standard InChI is InChI=1S/C15H25N3S/c1-4-9-17-14-12(6-5-8-15(14,2)3)19-13-7-10-16-11-18-13/h7,10-12,14,17H,4-6,8-9H2,1-3H3. The third-order valence-corrected chi connectivity index (χ3v) is 5.26. The lowest BCUT2D eigenvalue weighted by atomic mass is 9.73. The van der Waals surface area contributed by atoms with Gasteiger partial charge in [-0.1, -0.05) is 27.2 Å². The van der Waals surface area contributed by atoms with E-state index < -0.39 is 0 Å². The molecule has 2 rings (SSSR count). The largest absolute Gasteiger partial charge is 0.312 e. The molecule has 106 valence electrons. The number of hydrogen-bond acceptors (Lipinski definition) is 4. The predicted octanol–water partition coefficient (Wildman–Crippen LogP) is 3.52. The summed E-state index contributed by atoms with van der Waals surface area (Å²) in [6, 6.07) is 2.59. The Labute approximate surface area is 121 Å². The fraction of sp³-hybridized carbons (Fsp3) is 0.733. The average Bonchev–Trinajstić information content (AvgIpc) is 2.38. The number of rotatable bonds is 5. The summed E-state index contributed by atoms with van der Waals surface area (Å²) in [7, 11) is 0. The third-order valence-electron chi connectivity index (χ3n) is 3.96. The van der Waals surface area contributed by atoms with Crippen LogP contribution in [0.5, 0.6) is 0 Å². The van der Waals surface area contributed by atoms with E-state index in [1.165, 1.54) is 25.7 Å². The first-order valence-corrected chi connectivity index (χ1v) is 8.17. The molecule has 0 aliphatic heterocycles. The maximum atomic E-state index is 4.36. The number of aromatic nitrogens is 2. The van der Waals surface area contributed by atoms with Gasteiger partial charge in [-0.3, -0.25) is 0 Å². The first kappa shape index (κ1) is 14.8. The molecule has 0 amide bonds. The molecule has 1 saturated carbocycles. The van der Waals surface area contributed by atoms with E-state index >= 15 is 0 Å². The van der Waals surface area contributed by atoms with Gasteiger partial charge in [-0.15, -0.1) is 11.8 Å². The Kier molecular flexibility index (Phi) is 5.22. The lowest BCUT2D eigenvalue weighted by Crippen LogP contribution is -2.51. The van der Waals surface area contributed by atoms with Gasteiger partial charge < -0.3 is 5.32 Å². The molecule has 0 saturated heterocycles. The van der Waals surface area contributed by atoms with Gasteiger partial charge in [0.1, 0.15) is 6.33 Å². The van der Waals surface area contributed by atoms with Crippen LogP contribution in [0.1, 0.15) is 46.5 Å². The van der Waals surface area contributed by atoms with Gasteiger partial charge in [0.05, 0.1) is 5.03 Å². The zero-order valence-electron chi connectivity index (χ0n) is 12.2. The fourth-order valence-electron chi connectivity index (χ4n) is 2.92. The predicted molar refractivity (Wildman–Crippen MR) is 81.4 cm³/mol. The third kappa shape index (κ3) is 3.93. The maximum Gasteiger partial charge on any atom is 0.116 e. The number of nitrogens with one attached hydrogen (secondary N) is 1. The molecule has 1 aromatic rings. The lowest BCUT2D eigenvalue weighted by Gasteiger charge is -2.44. The minimum atomic E-state index is 0.373. The zero-order chi connectivity index (χ0) is 13.7. The van der Waals surface area contributed by atoms with Crippen LogP contribution < -0.4 is 5.32 Å². The van der Waals surface area contributed by atoms with Crippen LogP contribution in [0, 0.1) is 5.41 Å². The average molecular weight is 279 g/mol. The first-order valence-electron chi connectivity index (χ1n) is 7.29. The van der Waals surface area contributed by atoms with Gasteiger partial charge >= 0.3 is 0 Å². The van der Waals surface area contributed by atoms with Crippen molar-refractivity contribution in [2.24, 2.45) is 5.41 Å². The molecule has 0 spiro atoms. The molecule has 1 aliphatic carbocycles. The minimum absolute atomic E-state index is 0.373. The van der Waals surface area contributed by atoms with Crippen LogP contribution in [0.2, 0.25) is 0 Å². The Bertz CT molecular complexity index is 380. The second-order valence-electron chi connectivity index (χ2n) is 6.02. The summed E-state index contributed by atoms with van der Waals surface area (Å²) in [4.78, 5) is 8.36. The van der Waals surface area contributed by atoms with Crippen molar-refractivity contribution in [3.63, 3.8) is 0 Å². The molecular formula is C15H25N3S. The van der Waals surface area contributed by atoms with Crippen molar-refractivity contribution >= 4 is 11.8 Å². The van der Waals surface area contributed by atoms with Crippen molar-refractivity contribution in [2.75, 3.05) is 6.54 Å². The normalized spacial score (nSPS) is 26.3. The Morgan fingerprint density at radius 3 is 3.00 bits per heavy atom. The van der Waals surface area contributed by atoms with Gasteiger partial charge in [-0.25, -0.2) is 9.97 Å². The summed E-state index contributed by atoms with van der Waals surface area (Å²) in [5, 5.41) is 5.48. The van der Waals surface area contributed by atoms with Crippen molar-refractivity contribution in [1.29, 1.82) is 0 Å². The SMILES string of the molecule is CCCNC1C(Sc2ccncn2)CCCC1(C)C. The van der Waals surface area contributed by atoms with Crippen LogP contribution in [-0.2, 0) is 0 Å². The van der Waals surface area contributed by atoms with Gasteiger partial charge in [0.25, 0.3) is 0 Å². The highest BCUT2D eigenvalue weighted by Gasteiger charge is 2.39. The van der Waals surface area contributed by atoms with Gasteiger partial charge in [0, 0.05) is 17.5 Å². The van der Waals surface area contributed by atoms with E-state index in [9.17, 15) is 0 Å². The lowest BCUT2D eigenvalue weighted by molar-refractivity contribution is 0.175. The van der Waals surface area contributed by atoms with Crippen molar-refractivity contribution in [1.82, 2.24) is 15.3 Å². The van der Waals surface area contributed by atoms with Crippen LogP contribution in [0.4, 0.5) is 0 Å². The fourth-order valence-corrected chi connectivity index (χ4v) is 4.36. The van der Waals surface area contributed by atoms with Crippen molar-refractivity contribution < 1.29 is 0 Å². The van der Waals surface area contributed by atoms with Crippen molar-refractivity contribution in [3.8, 4) is 0 Å². The molecule has 3 nitrogen and oxygen atoms in total. The van der Waals surface area contributed by atoms with E-state index in [1.807, 2.05) is 24.0 Å². The van der Waals surface area contributed by atoms with Gasteiger partial charge in [-0.05, 0) is 37.3 Å². The number of nitrogens with zero attached hydrogens (tertiary/aromatic N) is 2. The van der Waals surface area contributed by atoms with Crippen molar-refractivity contribution in [2.45, 2.75) is 62.8 Å². The Balaban J connectivity index is 2.07. The smallest absolute Gasteiger partial charge is 0.116 e. The summed E-state index contributed by atoms with van der Waals surface area (Å²) in [6.07, 6.45) is 8.58. The van der Waals surface area contributed by atoms with E-state index in [1.54, 1.807) is 6.33 Å². The van der Waals surface area contributed by atoms with Gasteiger partial charge in [0.2, 0.25) is 0 Å². The summed E-state index contributed by atoms with van der Waals surface area (Å²) >= 11 is 1.91. The van der Waals surface area contributed by atoms with E-state index in [2.05, 4.69) is 36.1 Å². The maximum absolute atomic E-state index is 4.36. The summed E-state index contributed by atoms with van der Waals surface area (Å²) in [5.74, 6) is 0. The Morgan fingerprint density at radius 2 is 2.32 bits per heavy atom. The van der Waals surface area contributed by atoms with Crippen LogP contribution in [0.3, 0.4) is 0 Å². The monoisotopic (exact) mass is 279 g/mol. The molecule has 1 fully saturated rings. The van der Waals surface area contributed by atoms with Crippen LogP contribution >= 0.6 is 11.8 Å². The van der Waals surface area contributed by atoms with E-state index in [0.29, 0.717) is 16.7 Å². The van der Waals surface area contributed by atoms with E-state index in [-0.39, 0.29) is 0 Å². The highest BCUT2D eigenvalue weighted by molar-refractivity contribution is 7.99. The molecule has 1 aromatic heterocycles. The summed E-state index contributed by atoms with van der Waals surface area (Å²) < 4.78 is 0. The first-order chi connectivity index (χ1) is 9.13. The number of hydrogen-bond donors (Lipinski definition) is 1. The van der Waals surface area contributed by atoms with Gasteiger partial charge in [-0.2, -0.15) is 0 Å². The molecule has 1 heterocycles. The molecule has 0 bridgehead atoms. The molecule has 1 aliphatic rings. The zero-order valence-corrected chi connectivity index (χ0v) is 13.0. The Hall–Kier alpha value is -0.610. The van der Waals surface area contributed by atoms with E-state index in [0.717, 1.165) is 11.6 Å².